The number of amides is 1. The summed E-state index contributed by atoms with van der Waals surface area (Å²) in [6.07, 6.45) is 3.04. The van der Waals surface area contributed by atoms with E-state index in [2.05, 4.69) is 10.2 Å². The van der Waals surface area contributed by atoms with Crippen LogP contribution in [0.15, 0.2) is 29.2 Å². The lowest BCUT2D eigenvalue weighted by Crippen LogP contribution is -2.44. The number of nitrogens with one attached hydrogen (secondary N) is 1. The minimum Gasteiger partial charge on any atom is -0.351 e. The number of nitrogens with two attached hydrogens (primary N) is 1. The molecule has 122 valence electrons. The van der Waals surface area contributed by atoms with Crippen LogP contribution in [0.3, 0.4) is 0 Å². The zero-order valence-corrected chi connectivity index (χ0v) is 13.6. The molecule has 1 fully saturated rings. The number of benzene rings is 1. The van der Waals surface area contributed by atoms with Crippen LogP contribution in [0.2, 0.25) is 0 Å². The van der Waals surface area contributed by atoms with Crippen LogP contribution in [0.25, 0.3) is 0 Å². The zero-order valence-electron chi connectivity index (χ0n) is 12.8. The van der Waals surface area contributed by atoms with E-state index in [9.17, 15) is 13.2 Å². The van der Waals surface area contributed by atoms with Gasteiger partial charge in [-0.3, -0.25) is 9.69 Å². The molecule has 0 aliphatic carbocycles. The van der Waals surface area contributed by atoms with Crippen LogP contribution in [-0.2, 0) is 21.2 Å². The van der Waals surface area contributed by atoms with E-state index in [0.717, 1.165) is 31.5 Å². The second kappa shape index (κ2) is 7.21. The Hall–Kier alpha value is -1.44. The molecule has 1 heterocycles. The first-order chi connectivity index (χ1) is 10.3. The summed E-state index contributed by atoms with van der Waals surface area (Å²) in [5.74, 6) is -0.0253. The van der Waals surface area contributed by atoms with E-state index in [1.54, 1.807) is 24.3 Å². The standard InChI is InChI=1S/C15H23N3O3S/c1-22(20,21)14-4-2-12(3-5-14)10-17-15(19)11-18-8-6-13(16)7-9-18/h2-5,13H,6-11,16H2,1H3,(H,17,19). The van der Waals surface area contributed by atoms with Crippen LogP contribution in [0.1, 0.15) is 18.4 Å². The summed E-state index contributed by atoms with van der Waals surface area (Å²) in [6, 6.07) is 6.81. The number of piperidine rings is 1. The zero-order chi connectivity index (χ0) is 16.2. The SMILES string of the molecule is CS(=O)(=O)c1ccc(CNC(=O)CN2CCC(N)CC2)cc1. The Morgan fingerprint density at radius 2 is 1.86 bits per heavy atom. The van der Waals surface area contributed by atoms with Crippen LogP contribution in [0.5, 0.6) is 0 Å². The van der Waals surface area contributed by atoms with Gasteiger partial charge in [-0.25, -0.2) is 8.42 Å². The molecule has 2 rings (SSSR count). The van der Waals surface area contributed by atoms with Gasteiger partial charge < -0.3 is 11.1 Å². The predicted molar refractivity (Wildman–Crippen MR) is 85.0 cm³/mol. The van der Waals surface area contributed by atoms with E-state index in [-0.39, 0.29) is 16.8 Å². The van der Waals surface area contributed by atoms with E-state index in [0.29, 0.717) is 13.1 Å². The largest absolute Gasteiger partial charge is 0.351 e. The van der Waals surface area contributed by atoms with Crippen molar-refractivity contribution in [1.82, 2.24) is 10.2 Å². The molecule has 1 aromatic rings. The van der Waals surface area contributed by atoms with E-state index >= 15 is 0 Å². The summed E-state index contributed by atoms with van der Waals surface area (Å²) in [4.78, 5) is 14.3. The van der Waals surface area contributed by atoms with Crippen molar-refractivity contribution in [3.8, 4) is 0 Å². The maximum atomic E-state index is 11.9. The van der Waals surface area contributed by atoms with Crippen LogP contribution >= 0.6 is 0 Å². The van der Waals surface area contributed by atoms with Gasteiger partial charge in [0.2, 0.25) is 5.91 Å². The monoisotopic (exact) mass is 325 g/mol. The average Bonchev–Trinajstić information content (AvgIpc) is 2.47. The molecule has 0 saturated carbocycles. The number of nitrogens with zero attached hydrogens (tertiary/aromatic N) is 1. The maximum absolute atomic E-state index is 11.9. The number of hydrogen-bond acceptors (Lipinski definition) is 5. The average molecular weight is 325 g/mol. The molecule has 1 aliphatic rings. The van der Waals surface area contributed by atoms with Gasteiger partial charge in [0, 0.05) is 31.9 Å². The number of hydrogen-bond donors (Lipinski definition) is 2. The second-order valence-electron chi connectivity index (χ2n) is 5.81. The highest BCUT2D eigenvalue weighted by Gasteiger charge is 2.17. The van der Waals surface area contributed by atoms with Crippen molar-refractivity contribution >= 4 is 15.7 Å². The third-order valence-corrected chi connectivity index (χ3v) is 4.97. The molecule has 0 aromatic heterocycles. The molecule has 1 saturated heterocycles. The lowest BCUT2D eigenvalue weighted by Gasteiger charge is -2.29. The number of sulfone groups is 1. The fourth-order valence-corrected chi connectivity index (χ4v) is 3.06. The van der Waals surface area contributed by atoms with Crippen molar-refractivity contribution in [2.45, 2.75) is 30.3 Å². The van der Waals surface area contributed by atoms with Crippen LogP contribution < -0.4 is 11.1 Å². The van der Waals surface area contributed by atoms with Crippen molar-refractivity contribution in [2.24, 2.45) is 5.73 Å². The van der Waals surface area contributed by atoms with Crippen LogP contribution in [0, 0.1) is 0 Å². The maximum Gasteiger partial charge on any atom is 0.234 e. The fourth-order valence-electron chi connectivity index (χ4n) is 2.43. The van der Waals surface area contributed by atoms with Gasteiger partial charge in [0.25, 0.3) is 0 Å². The van der Waals surface area contributed by atoms with Crippen LogP contribution in [0.4, 0.5) is 0 Å². The van der Waals surface area contributed by atoms with Crippen molar-refractivity contribution in [3.05, 3.63) is 29.8 Å². The molecule has 0 unspecified atom stereocenters. The Kier molecular flexibility index (Phi) is 5.55. The van der Waals surface area contributed by atoms with E-state index in [4.69, 9.17) is 5.73 Å². The lowest BCUT2D eigenvalue weighted by molar-refractivity contribution is -0.122. The second-order valence-corrected chi connectivity index (χ2v) is 7.82. The van der Waals surface area contributed by atoms with Crippen molar-refractivity contribution in [1.29, 1.82) is 0 Å². The number of rotatable bonds is 5. The minimum absolute atomic E-state index is 0.0253. The Balaban J connectivity index is 1.79. The van der Waals surface area contributed by atoms with Gasteiger partial charge >= 0.3 is 0 Å². The molecular formula is C15H23N3O3S. The number of carbonyl (C=O) groups is 1. The normalized spacial score (nSPS) is 17.4. The highest BCUT2D eigenvalue weighted by Crippen LogP contribution is 2.10. The Morgan fingerprint density at radius 3 is 2.41 bits per heavy atom. The van der Waals surface area contributed by atoms with Gasteiger partial charge in [-0.05, 0) is 30.5 Å². The summed E-state index contributed by atoms with van der Waals surface area (Å²) < 4.78 is 22.7. The molecule has 0 radical (unpaired) electrons. The highest BCUT2D eigenvalue weighted by atomic mass is 32.2. The Morgan fingerprint density at radius 1 is 1.27 bits per heavy atom. The smallest absolute Gasteiger partial charge is 0.234 e. The van der Waals surface area contributed by atoms with E-state index in [1.807, 2.05) is 0 Å². The van der Waals surface area contributed by atoms with Crippen molar-refractivity contribution in [2.75, 3.05) is 25.9 Å². The molecule has 22 heavy (non-hydrogen) atoms. The summed E-state index contributed by atoms with van der Waals surface area (Å²) in [5, 5.41) is 2.85. The first kappa shape index (κ1) is 16.9. The van der Waals surface area contributed by atoms with E-state index in [1.165, 1.54) is 6.26 Å². The topological polar surface area (TPSA) is 92.5 Å². The molecule has 3 N–H and O–H groups in total. The molecule has 0 bridgehead atoms. The van der Waals surface area contributed by atoms with Gasteiger partial charge in [-0.2, -0.15) is 0 Å². The van der Waals surface area contributed by atoms with Gasteiger partial charge in [0.15, 0.2) is 9.84 Å². The summed E-state index contributed by atoms with van der Waals surface area (Å²) in [6.45, 7) is 2.50. The summed E-state index contributed by atoms with van der Waals surface area (Å²) >= 11 is 0. The molecule has 0 atom stereocenters. The molecule has 7 heteroatoms. The number of carbonyl (C=O) groups excluding carboxylic acids is 1. The predicted octanol–water partition coefficient (Wildman–Crippen LogP) is 0.129. The Labute approximate surface area is 131 Å². The first-order valence-electron chi connectivity index (χ1n) is 7.38. The van der Waals surface area contributed by atoms with Gasteiger partial charge in [0.1, 0.15) is 0 Å². The molecule has 0 spiro atoms. The van der Waals surface area contributed by atoms with Crippen molar-refractivity contribution < 1.29 is 13.2 Å². The minimum atomic E-state index is -3.18. The van der Waals surface area contributed by atoms with Gasteiger partial charge in [-0.15, -0.1) is 0 Å². The lowest BCUT2D eigenvalue weighted by atomic mass is 10.1. The van der Waals surface area contributed by atoms with Gasteiger partial charge in [-0.1, -0.05) is 12.1 Å². The first-order valence-corrected chi connectivity index (χ1v) is 9.27. The third-order valence-electron chi connectivity index (χ3n) is 3.84. The number of likely N-dealkylation sites (tertiary alicyclic amines) is 1. The molecule has 1 amide bonds. The molecule has 1 aliphatic heterocycles. The quantitative estimate of drug-likeness (QED) is 0.803. The van der Waals surface area contributed by atoms with E-state index < -0.39 is 9.84 Å². The molecule has 6 nitrogen and oxygen atoms in total. The summed E-state index contributed by atoms with van der Waals surface area (Å²) in [7, 11) is -3.18. The van der Waals surface area contributed by atoms with Crippen molar-refractivity contribution in [3.63, 3.8) is 0 Å². The van der Waals surface area contributed by atoms with Crippen LogP contribution in [-0.4, -0.2) is 51.2 Å². The third kappa shape index (κ3) is 5.08. The summed E-state index contributed by atoms with van der Waals surface area (Å²) in [5.41, 5.74) is 6.71. The Bertz CT molecular complexity index is 605. The fraction of sp³-hybridized carbons (Fsp3) is 0.533. The van der Waals surface area contributed by atoms with Gasteiger partial charge in [0.05, 0.1) is 11.4 Å². The molecular weight excluding hydrogens is 302 g/mol. The highest BCUT2D eigenvalue weighted by molar-refractivity contribution is 7.90. The molecule has 1 aromatic carbocycles.